The van der Waals surface area contributed by atoms with Crippen molar-refractivity contribution in [1.29, 1.82) is 0 Å². The van der Waals surface area contributed by atoms with Crippen molar-refractivity contribution in [3.8, 4) is 0 Å². The molecule has 0 saturated carbocycles. The zero-order valence-electron chi connectivity index (χ0n) is 16.1. The van der Waals surface area contributed by atoms with Crippen LogP contribution < -0.4 is 5.32 Å². The fraction of sp³-hybridized carbons (Fsp3) is 0.318. The second kappa shape index (κ2) is 7.09. The molecule has 28 heavy (non-hydrogen) atoms. The number of thioether (sulfide) groups is 1. The summed E-state index contributed by atoms with van der Waals surface area (Å²) in [6, 6.07) is 14.3. The van der Waals surface area contributed by atoms with Crippen molar-refractivity contribution in [2.24, 2.45) is 0 Å². The summed E-state index contributed by atoms with van der Waals surface area (Å²) in [7, 11) is 0. The van der Waals surface area contributed by atoms with Crippen LogP contribution in [0, 0.1) is 0 Å². The molecule has 0 bridgehead atoms. The Bertz CT molecular complexity index is 1050. The minimum Gasteiger partial charge on any atom is -0.440 e. The first-order chi connectivity index (χ1) is 13.3. The van der Waals surface area contributed by atoms with Crippen LogP contribution in [0.1, 0.15) is 43.4 Å². The van der Waals surface area contributed by atoms with Crippen LogP contribution in [0.3, 0.4) is 0 Å². The van der Waals surface area contributed by atoms with E-state index in [4.69, 9.17) is 4.42 Å². The lowest BCUT2D eigenvalue weighted by Crippen LogP contribution is -2.25. The summed E-state index contributed by atoms with van der Waals surface area (Å²) in [4.78, 5) is 27.7. The molecule has 6 heteroatoms. The molecule has 0 spiro atoms. The standard InChI is InChI=1S/C22H22N2O3S/c1-22(2,3)15-7-4-13(5-8-15)12-19-23-16-10-14(6-9-17(16)27-19)11-18-20(25)24-21(26)28-18/h4-10,18H,11-12H2,1-3H3,(H,24,25,26). The van der Waals surface area contributed by atoms with Gasteiger partial charge in [-0.1, -0.05) is 62.9 Å². The summed E-state index contributed by atoms with van der Waals surface area (Å²) in [6.45, 7) is 6.60. The third-order valence-electron chi connectivity index (χ3n) is 4.86. The zero-order chi connectivity index (χ0) is 19.9. The number of benzene rings is 2. The van der Waals surface area contributed by atoms with E-state index in [1.54, 1.807) is 0 Å². The van der Waals surface area contributed by atoms with Crippen molar-refractivity contribution in [2.75, 3.05) is 0 Å². The van der Waals surface area contributed by atoms with Gasteiger partial charge in [0, 0.05) is 6.42 Å². The topological polar surface area (TPSA) is 72.2 Å². The van der Waals surface area contributed by atoms with Gasteiger partial charge >= 0.3 is 0 Å². The van der Waals surface area contributed by atoms with Crippen LogP contribution in [-0.4, -0.2) is 21.4 Å². The van der Waals surface area contributed by atoms with Crippen LogP contribution in [0.15, 0.2) is 46.9 Å². The molecule has 2 heterocycles. The van der Waals surface area contributed by atoms with Gasteiger partial charge in [0.15, 0.2) is 11.5 Å². The number of carbonyl (C=O) groups is 2. The van der Waals surface area contributed by atoms with Gasteiger partial charge in [0.1, 0.15) is 5.52 Å². The van der Waals surface area contributed by atoms with Gasteiger partial charge in [-0.15, -0.1) is 0 Å². The molecular weight excluding hydrogens is 372 g/mol. The number of amides is 2. The highest BCUT2D eigenvalue weighted by Gasteiger charge is 2.31. The first kappa shape index (κ1) is 18.7. The highest BCUT2D eigenvalue weighted by Crippen LogP contribution is 2.26. The molecule has 1 atom stereocenters. The van der Waals surface area contributed by atoms with E-state index in [0.717, 1.165) is 34.0 Å². The van der Waals surface area contributed by atoms with Crippen LogP contribution in [0.25, 0.3) is 11.1 Å². The van der Waals surface area contributed by atoms with Crippen LogP contribution in [0.4, 0.5) is 4.79 Å². The van der Waals surface area contributed by atoms with Gasteiger partial charge in [0.25, 0.3) is 5.24 Å². The number of hydrogen-bond acceptors (Lipinski definition) is 5. The minimum atomic E-state index is -0.377. The van der Waals surface area contributed by atoms with Gasteiger partial charge in [-0.3, -0.25) is 14.9 Å². The Morgan fingerprint density at radius 1 is 1.07 bits per heavy atom. The quantitative estimate of drug-likeness (QED) is 0.700. The number of oxazole rings is 1. The second-order valence-corrected chi connectivity index (χ2v) is 9.30. The Balaban J connectivity index is 1.50. The van der Waals surface area contributed by atoms with Crippen LogP contribution in [0.5, 0.6) is 0 Å². The number of aromatic nitrogens is 1. The van der Waals surface area contributed by atoms with Crippen molar-refractivity contribution in [1.82, 2.24) is 10.3 Å². The van der Waals surface area contributed by atoms with Crippen molar-refractivity contribution in [3.63, 3.8) is 0 Å². The predicted molar refractivity (Wildman–Crippen MR) is 111 cm³/mol. The second-order valence-electron chi connectivity index (χ2n) is 8.12. The monoisotopic (exact) mass is 394 g/mol. The molecule has 0 radical (unpaired) electrons. The van der Waals surface area contributed by atoms with E-state index in [1.807, 2.05) is 18.2 Å². The smallest absolute Gasteiger partial charge is 0.286 e. The number of carbonyl (C=O) groups excluding carboxylic acids is 2. The fourth-order valence-corrected chi connectivity index (χ4v) is 4.12. The molecule has 1 saturated heterocycles. The molecule has 1 N–H and O–H groups in total. The summed E-state index contributed by atoms with van der Waals surface area (Å²) in [5.41, 5.74) is 5.04. The fourth-order valence-electron chi connectivity index (χ4n) is 3.26. The van der Waals surface area contributed by atoms with Gasteiger partial charge in [-0.05, 0) is 40.7 Å². The lowest BCUT2D eigenvalue weighted by molar-refractivity contribution is -0.118. The highest BCUT2D eigenvalue weighted by atomic mass is 32.2. The number of nitrogens with one attached hydrogen (secondary N) is 1. The lowest BCUT2D eigenvalue weighted by Gasteiger charge is -2.18. The summed E-state index contributed by atoms with van der Waals surface area (Å²) >= 11 is 1.04. The largest absolute Gasteiger partial charge is 0.440 e. The van der Waals surface area contributed by atoms with E-state index >= 15 is 0 Å². The van der Waals surface area contributed by atoms with Gasteiger partial charge in [-0.2, -0.15) is 0 Å². The van der Waals surface area contributed by atoms with E-state index in [2.05, 4.69) is 55.3 Å². The van der Waals surface area contributed by atoms with Gasteiger partial charge in [0.05, 0.1) is 5.25 Å². The predicted octanol–water partition coefficient (Wildman–Crippen LogP) is 4.61. The van der Waals surface area contributed by atoms with Gasteiger partial charge in [0.2, 0.25) is 5.91 Å². The Kier molecular flexibility index (Phi) is 4.75. The molecular formula is C22H22N2O3S. The Morgan fingerprint density at radius 3 is 2.43 bits per heavy atom. The van der Waals surface area contributed by atoms with Crippen LogP contribution >= 0.6 is 11.8 Å². The maximum Gasteiger partial charge on any atom is 0.286 e. The van der Waals surface area contributed by atoms with Crippen molar-refractivity contribution in [3.05, 3.63) is 65.0 Å². The molecule has 1 unspecified atom stereocenters. The van der Waals surface area contributed by atoms with Crippen LogP contribution in [0.2, 0.25) is 0 Å². The first-order valence-electron chi connectivity index (χ1n) is 9.27. The number of imide groups is 1. The summed E-state index contributed by atoms with van der Waals surface area (Å²) in [5.74, 6) is 0.438. The van der Waals surface area contributed by atoms with Crippen molar-refractivity contribution < 1.29 is 14.0 Å². The number of fused-ring (bicyclic) bond motifs is 1. The molecule has 4 rings (SSSR count). The maximum absolute atomic E-state index is 11.8. The third-order valence-corrected chi connectivity index (χ3v) is 5.84. The molecule has 0 aliphatic carbocycles. The molecule has 1 aromatic heterocycles. The summed E-state index contributed by atoms with van der Waals surface area (Å²) in [5, 5.41) is 1.66. The van der Waals surface area contributed by atoms with E-state index in [0.29, 0.717) is 18.7 Å². The molecule has 1 aliphatic heterocycles. The van der Waals surface area contributed by atoms with E-state index in [1.165, 1.54) is 5.56 Å². The maximum atomic E-state index is 11.8. The summed E-state index contributed by atoms with van der Waals surface area (Å²) in [6.07, 6.45) is 1.12. The number of hydrogen-bond donors (Lipinski definition) is 1. The molecule has 144 valence electrons. The molecule has 1 fully saturated rings. The van der Waals surface area contributed by atoms with Crippen molar-refractivity contribution in [2.45, 2.75) is 44.3 Å². The van der Waals surface area contributed by atoms with E-state index in [9.17, 15) is 9.59 Å². The normalized spacial score (nSPS) is 17.3. The Labute approximate surface area is 167 Å². The molecule has 2 amide bonds. The third kappa shape index (κ3) is 3.97. The highest BCUT2D eigenvalue weighted by molar-refractivity contribution is 8.15. The molecule has 1 aliphatic rings. The Morgan fingerprint density at radius 2 is 1.79 bits per heavy atom. The van der Waals surface area contributed by atoms with E-state index in [-0.39, 0.29) is 21.8 Å². The van der Waals surface area contributed by atoms with Crippen LogP contribution in [-0.2, 0) is 23.1 Å². The van der Waals surface area contributed by atoms with Gasteiger partial charge in [-0.25, -0.2) is 4.98 Å². The Hall–Kier alpha value is -2.60. The zero-order valence-corrected chi connectivity index (χ0v) is 16.9. The molecule has 3 aromatic rings. The molecule has 5 nitrogen and oxygen atoms in total. The number of nitrogens with zero attached hydrogens (tertiary/aromatic N) is 1. The van der Waals surface area contributed by atoms with Crippen molar-refractivity contribution >= 4 is 34.0 Å². The lowest BCUT2D eigenvalue weighted by atomic mass is 9.86. The minimum absolute atomic E-state index is 0.131. The summed E-state index contributed by atoms with van der Waals surface area (Å²) < 4.78 is 5.88. The van der Waals surface area contributed by atoms with Gasteiger partial charge < -0.3 is 4.42 Å². The average molecular weight is 394 g/mol. The average Bonchev–Trinajstić information content (AvgIpc) is 3.16. The first-order valence-corrected chi connectivity index (χ1v) is 10.2. The van der Waals surface area contributed by atoms with E-state index < -0.39 is 0 Å². The number of rotatable bonds is 4. The molecule has 2 aromatic carbocycles. The SMILES string of the molecule is CC(C)(C)c1ccc(Cc2nc3cc(CC4SC(=O)NC4=O)ccc3o2)cc1.